The molecule has 0 radical (unpaired) electrons. The normalized spacial score (nSPS) is 18.5. The molecule has 2 fully saturated rings. The Bertz CT molecular complexity index is 1040. The van der Waals surface area contributed by atoms with Crippen molar-refractivity contribution in [3.63, 3.8) is 0 Å². The predicted molar refractivity (Wildman–Crippen MR) is 122 cm³/mol. The van der Waals surface area contributed by atoms with E-state index in [1.54, 1.807) is 0 Å². The lowest BCUT2D eigenvalue weighted by atomic mass is 9.98. The van der Waals surface area contributed by atoms with E-state index < -0.39 is 17.6 Å². The first-order valence-electron chi connectivity index (χ1n) is 11.6. The van der Waals surface area contributed by atoms with Gasteiger partial charge in [-0.15, -0.1) is 0 Å². The number of aliphatic carboxylic acids is 1. The maximum Gasteiger partial charge on any atom is 0.407 e. The first-order valence-corrected chi connectivity index (χ1v) is 11.6. The average Bonchev–Trinajstić information content (AvgIpc) is 3.71. The van der Waals surface area contributed by atoms with Gasteiger partial charge in [-0.05, 0) is 53.9 Å². The van der Waals surface area contributed by atoms with Crippen LogP contribution in [0, 0.1) is 5.92 Å². The minimum absolute atomic E-state index is 0.0171. The van der Waals surface area contributed by atoms with Crippen LogP contribution in [0.4, 0.5) is 4.79 Å². The fraction of sp³-hybridized carbons (Fsp3) is 0.423. The number of nitrogens with one attached hydrogen (secondary N) is 2. The van der Waals surface area contributed by atoms with E-state index in [2.05, 4.69) is 34.9 Å². The van der Waals surface area contributed by atoms with Gasteiger partial charge in [0.25, 0.3) is 0 Å². The number of rotatable bonds is 9. The Balaban J connectivity index is 1.18. The van der Waals surface area contributed by atoms with E-state index in [0.717, 1.165) is 24.0 Å². The van der Waals surface area contributed by atoms with Crippen molar-refractivity contribution in [2.24, 2.45) is 5.92 Å². The number of amides is 2. The molecule has 172 valence electrons. The zero-order valence-electron chi connectivity index (χ0n) is 18.4. The summed E-state index contributed by atoms with van der Waals surface area (Å²) in [5, 5.41) is 14.8. The summed E-state index contributed by atoms with van der Waals surface area (Å²) in [4.78, 5) is 36.2. The van der Waals surface area contributed by atoms with Crippen molar-refractivity contribution >= 4 is 18.0 Å². The minimum Gasteiger partial charge on any atom is -0.481 e. The molecule has 0 aliphatic heterocycles. The van der Waals surface area contributed by atoms with Crippen LogP contribution in [0.25, 0.3) is 11.1 Å². The van der Waals surface area contributed by atoms with Crippen molar-refractivity contribution in [3.05, 3.63) is 59.7 Å². The van der Waals surface area contributed by atoms with Gasteiger partial charge < -0.3 is 20.5 Å². The molecule has 0 saturated heterocycles. The minimum atomic E-state index is -0.914. The largest absolute Gasteiger partial charge is 0.481 e. The molecule has 0 bridgehead atoms. The van der Waals surface area contributed by atoms with Crippen LogP contribution in [0.3, 0.4) is 0 Å². The van der Waals surface area contributed by atoms with E-state index in [9.17, 15) is 14.4 Å². The highest BCUT2D eigenvalue weighted by Crippen LogP contribution is 2.44. The molecule has 3 N–H and O–H groups in total. The molecule has 2 aromatic carbocycles. The second-order valence-corrected chi connectivity index (χ2v) is 9.52. The van der Waals surface area contributed by atoms with Crippen molar-refractivity contribution in [1.29, 1.82) is 0 Å². The van der Waals surface area contributed by atoms with Gasteiger partial charge in [0.2, 0.25) is 5.91 Å². The maximum absolute atomic E-state index is 12.6. The highest BCUT2D eigenvalue weighted by atomic mass is 16.5. The Labute approximate surface area is 192 Å². The van der Waals surface area contributed by atoms with Crippen LogP contribution in [-0.4, -0.2) is 41.3 Å². The van der Waals surface area contributed by atoms with Crippen molar-refractivity contribution in [1.82, 2.24) is 10.6 Å². The lowest BCUT2D eigenvalue weighted by molar-refractivity contribution is -0.138. The Hall–Kier alpha value is -3.35. The molecule has 2 saturated carbocycles. The molecule has 2 aromatic rings. The van der Waals surface area contributed by atoms with Gasteiger partial charge in [0.1, 0.15) is 6.61 Å². The smallest absolute Gasteiger partial charge is 0.407 e. The molecule has 1 unspecified atom stereocenters. The molecule has 2 amide bonds. The van der Waals surface area contributed by atoms with E-state index in [1.807, 2.05) is 24.3 Å². The first kappa shape index (κ1) is 21.5. The first-order chi connectivity index (χ1) is 15.9. The number of carboxylic acid groups (broad SMARTS) is 1. The third-order valence-electron chi connectivity index (χ3n) is 6.99. The second-order valence-electron chi connectivity index (χ2n) is 9.52. The third-order valence-corrected chi connectivity index (χ3v) is 6.99. The summed E-state index contributed by atoms with van der Waals surface area (Å²) in [6, 6.07) is 16.0. The summed E-state index contributed by atoms with van der Waals surface area (Å²) in [6.07, 6.45) is 2.83. The van der Waals surface area contributed by atoms with Crippen molar-refractivity contribution in [2.45, 2.75) is 56.0 Å². The number of hydrogen-bond acceptors (Lipinski definition) is 4. The number of fused-ring (bicyclic) bond motifs is 3. The Morgan fingerprint density at radius 3 is 2.15 bits per heavy atom. The molecule has 0 aromatic heterocycles. The van der Waals surface area contributed by atoms with E-state index in [1.165, 1.54) is 11.1 Å². The van der Waals surface area contributed by atoms with Gasteiger partial charge in [-0.1, -0.05) is 48.5 Å². The lowest BCUT2D eigenvalue weighted by Gasteiger charge is -2.21. The fourth-order valence-corrected chi connectivity index (χ4v) is 4.96. The lowest BCUT2D eigenvalue weighted by Crippen LogP contribution is -2.44. The topological polar surface area (TPSA) is 105 Å². The SMILES string of the molecule is O=C(O)CC1(NC(=O)CC(NC(=O)OCC2c3ccccc3-c3ccccc32)C2CC2)CC1. The molecule has 3 aliphatic carbocycles. The Morgan fingerprint density at radius 1 is 1.00 bits per heavy atom. The van der Waals surface area contributed by atoms with Crippen molar-refractivity contribution in [2.75, 3.05) is 6.61 Å². The van der Waals surface area contributed by atoms with Gasteiger partial charge in [0, 0.05) is 18.4 Å². The molecule has 7 heteroatoms. The monoisotopic (exact) mass is 448 g/mol. The molecule has 0 spiro atoms. The van der Waals surface area contributed by atoms with Gasteiger partial charge in [0.15, 0.2) is 0 Å². The van der Waals surface area contributed by atoms with E-state index >= 15 is 0 Å². The van der Waals surface area contributed by atoms with E-state index in [0.29, 0.717) is 12.8 Å². The summed E-state index contributed by atoms with van der Waals surface area (Å²) >= 11 is 0. The van der Waals surface area contributed by atoms with Gasteiger partial charge in [-0.2, -0.15) is 0 Å². The molecular formula is C26H28N2O5. The van der Waals surface area contributed by atoms with Crippen molar-refractivity contribution in [3.8, 4) is 11.1 Å². The zero-order chi connectivity index (χ0) is 23.0. The number of ether oxygens (including phenoxy) is 1. The highest BCUT2D eigenvalue weighted by molar-refractivity contribution is 5.81. The van der Waals surface area contributed by atoms with Crippen LogP contribution in [0.15, 0.2) is 48.5 Å². The van der Waals surface area contributed by atoms with Crippen LogP contribution in [0.1, 0.15) is 55.6 Å². The van der Waals surface area contributed by atoms with E-state index in [4.69, 9.17) is 9.84 Å². The summed E-state index contributed by atoms with van der Waals surface area (Å²) in [6.45, 7) is 0.227. The number of carbonyl (C=O) groups excluding carboxylic acids is 2. The maximum atomic E-state index is 12.6. The molecular weight excluding hydrogens is 420 g/mol. The van der Waals surface area contributed by atoms with Crippen LogP contribution in [0.2, 0.25) is 0 Å². The van der Waals surface area contributed by atoms with Gasteiger partial charge >= 0.3 is 12.1 Å². The molecule has 33 heavy (non-hydrogen) atoms. The van der Waals surface area contributed by atoms with Gasteiger partial charge in [-0.25, -0.2) is 4.79 Å². The van der Waals surface area contributed by atoms with Gasteiger partial charge in [0.05, 0.1) is 12.0 Å². The zero-order valence-corrected chi connectivity index (χ0v) is 18.4. The quantitative estimate of drug-likeness (QED) is 0.541. The number of carbonyl (C=O) groups is 3. The fourth-order valence-electron chi connectivity index (χ4n) is 4.96. The average molecular weight is 449 g/mol. The highest BCUT2D eigenvalue weighted by Gasteiger charge is 2.46. The molecule has 7 nitrogen and oxygen atoms in total. The van der Waals surface area contributed by atoms with Crippen LogP contribution in [-0.2, 0) is 14.3 Å². The van der Waals surface area contributed by atoms with Crippen LogP contribution < -0.4 is 10.6 Å². The van der Waals surface area contributed by atoms with Gasteiger partial charge in [-0.3, -0.25) is 9.59 Å². The standard InChI is InChI=1S/C26H28N2O5/c29-23(28-26(11-12-26)14-24(30)31)13-22(16-9-10-16)27-25(32)33-15-21-19-7-3-1-5-17(19)18-6-2-4-8-20(18)21/h1-8,16,21-22H,9-15H2,(H,27,32)(H,28,29)(H,30,31). The molecule has 5 rings (SSSR count). The third kappa shape index (κ3) is 4.72. The Kier molecular flexibility index (Phi) is 5.56. The molecule has 0 heterocycles. The van der Waals surface area contributed by atoms with Crippen LogP contribution >= 0.6 is 0 Å². The van der Waals surface area contributed by atoms with Crippen molar-refractivity contribution < 1.29 is 24.2 Å². The molecule has 1 atom stereocenters. The predicted octanol–water partition coefficient (Wildman–Crippen LogP) is 3.82. The summed E-state index contributed by atoms with van der Waals surface area (Å²) < 4.78 is 5.64. The number of hydrogen-bond donors (Lipinski definition) is 3. The van der Waals surface area contributed by atoms with Crippen LogP contribution in [0.5, 0.6) is 0 Å². The summed E-state index contributed by atoms with van der Waals surface area (Å²) in [7, 11) is 0. The van der Waals surface area contributed by atoms with E-state index in [-0.39, 0.29) is 43.2 Å². The number of carboxylic acids is 1. The number of benzene rings is 2. The number of alkyl carbamates (subject to hydrolysis) is 1. The summed E-state index contributed by atoms with van der Waals surface area (Å²) in [5.74, 6) is -0.893. The Morgan fingerprint density at radius 2 is 1.61 bits per heavy atom. The summed E-state index contributed by atoms with van der Waals surface area (Å²) in [5.41, 5.74) is 4.03. The second kappa shape index (κ2) is 8.54. The molecule has 3 aliphatic rings.